The lowest BCUT2D eigenvalue weighted by atomic mass is 9.70. The average Bonchev–Trinajstić information content (AvgIpc) is 3.36. The number of hydrogen-bond donors (Lipinski definition) is 3. The molecule has 1 spiro atoms. The Kier molecular flexibility index (Phi) is 6.60. The topological polar surface area (TPSA) is 120 Å². The van der Waals surface area contributed by atoms with Gasteiger partial charge in [0.05, 0.1) is 43.8 Å². The number of nitrogens with one attached hydrogen (secondary N) is 2. The number of rotatable bonds is 7. The fourth-order valence-corrected chi connectivity index (χ4v) is 6.60. The van der Waals surface area contributed by atoms with Crippen LogP contribution in [-0.4, -0.2) is 114 Å². The maximum Gasteiger partial charge on any atom is 0.245 e. The van der Waals surface area contributed by atoms with Crippen LogP contribution in [0, 0.1) is 11.8 Å². The van der Waals surface area contributed by atoms with Gasteiger partial charge in [0.25, 0.3) is 0 Å². The van der Waals surface area contributed by atoms with Gasteiger partial charge in [0.15, 0.2) is 0 Å². The summed E-state index contributed by atoms with van der Waals surface area (Å²) in [5, 5.41) is 15.4. The number of aliphatic hydroxyl groups excluding tert-OH is 1. The van der Waals surface area contributed by atoms with E-state index < -0.39 is 35.6 Å². The van der Waals surface area contributed by atoms with Gasteiger partial charge in [0.1, 0.15) is 11.6 Å². The Bertz CT molecular complexity index is 734. The summed E-state index contributed by atoms with van der Waals surface area (Å²) in [4.78, 5) is 43.1. The Hall–Kier alpha value is -1.27. The van der Waals surface area contributed by atoms with Crippen LogP contribution in [0.15, 0.2) is 0 Å². The van der Waals surface area contributed by atoms with Gasteiger partial charge in [-0.2, -0.15) is 0 Å². The van der Waals surface area contributed by atoms with Gasteiger partial charge in [0.2, 0.25) is 17.7 Å². The van der Waals surface area contributed by atoms with Crippen molar-refractivity contribution in [2.45, 2.75) is 42.0 Å². The zero-order valence-corrected chi connectivity index (χ0v) is 19.5. The van der Waals surface area contributed by atoms with Crippen molar-refractivity contribution in [3.63, 3.8) is 0 Å². The third-order valence-electron chi connectivity index (χ3n) is 7.09. The molecule has 4 aliphatic heterocycles. The average molecular weight is 503 g/mol. The Balaban J connectivity index is 1.57. The number of carbonyl (C=O) groups excluding carboxylic acids is 3. The highest BCUT2D eigenvalue weighted by atomic mass is 79.9. The summed E-state index contributed by atoms with van der Waals surface area (Å²) in [6.07, 6.45) is -0.0123. The number of carbonyl (C=O) groups is 3. The fourth-order valence-electron chi connectivity index (χ4n) is 5.65. The van der Waals surface area contributed by atoms with Gasteiger partial charge in [-0.15, -0.1) is 0 Å². The second-order valence-corrected chi connectivity index (χ2v) is 9.98. The molecule has 7 atom stereocenters. The molecule has 0 aromatic heterocycles. The van der Waals surface area contributed by atoms with Gasteiger partial charge in [-0.3, -0.25) is 19.3 Å². The number of halogens is 1. The number of amides is 3. The molecule has 31 heavy (non-hydrogen) atoms. The van der Waals surface area contributed by atoms with Crippen LogP contribution in [0.3, 0.4) is 0 Å². The summed E-state index contributed by atoms with van der Waals surface area (Å²) >= 11 is 3.61. The molecular formula is C20H31BrN4O6. The maximum absolute atomic E-state index is 13.5. The molecule has 174 valence electrons. The van der Waals surface area contributed by atoms with E-state index in [2.05, 4.69) is 31.5 Å². The molecule has 2 bridgehead atoms. The molecular weight excluding hydrogens is 472 g/mol. The van der Waals surface area contributed by atoms with Gasteiger partial charge in [0, 0.05) is 38.1 Å². The molecule has 11 heteroatoms. The first-order chi connectivity index (χ1) is 14.9. The van der Waals surface area contributed by atoms with Crippen LogP contribution in [0.5, 0.6) is 0 Å². The molecule has 0 aromatic rings. The summed E-state index contributed by atoms with van der Waals surface area (Å²) < 4.78 is 11.7. The first-order valence-electron chi connectivity index (χ1n) is 10.9. The molecule has 3 unspecified atom stereocenters. The number of likely N-dealkylation sites (tertiary alicyclic amines) is 1. The minimum absolute atomic E-state index is 0.133. The summed E-state index contributed by atoms with van der Waals surface area (Å²) in [5.41, 5.74) is -1.08. The number of nitrogens with zero attached hydrogens (tertiary/aromatic N) is 2. The number of ether oxygens (including phenoxy) is 2. The molecule has 4 heterocycles. The highest BCUT2D eigenvalue weighted by molar-refractivity contribution is 9.09. The molecule has 3 N–H and O–H groups in total. The van der Waals surface area contributed by atoms with E-state index in [1.807, 2.05) is 0 Å². The van der Waals surface area contributed by atoms with Crippen LogP contribution in [0.25, 0.3) is 0 Å². The lowest BCUT2D eigenvalue weighted by molar-refractivity contribution is -0.145. The first kappa shape index (κ1) is 22.9. The van der Waals surface area contributed by atoms with Crippen LogP contribution < -0.4 is 10.6 Å². The van der Waals surface area contributed by atoms with Crippen molar-refractivity contribution < 1.29 is 29.0 Å². The third kappa shape index (κ3) is 3.68. The van der Waals surface area contributed by atoms with E-state index in [0.29, 0.717) is 32.7 Å². The van der Waals surface area contributed by atoms with Crippen molar-refractivity contribution in [1.82, 2.24) is 20.4 Å². The lowest BCUT2D eigenvalue weighted by Crippen LogP contribution is -2.58. The number of aliphatic hydroxyl groups is 1. The molecule has 4 rings (SSSR count). The molecule has 0 aliphatic carbocycles. The SMILES string of the molecule is CNC(=O)[C@H]1[C@H]2C(=O)N([C@H](C)CO)C(C(=O)NCCN3CCOCC3)C23CC(Br)[C@@H]1O3. The zero-order valence-electron chi connectivity index (χ0n) is 17.9. The quantitative estimate of drug-likeness (QED) is 0.355. The van der Waals surface area contributed by atoms with E-state index >= 15 is 0 Å². The van der Waals surface area contributed by atoms with Crippen LogP contribution in [0.2, 0.25) is 0 Å². The Morgan fingerprint density at radius 3 is 2.68 bits per heavy atom. The number of morpholine rings is 1. The summed E-state index contributed by atoms with van der Waals surface area (Å²) in [5.74, 6) is -2.28. The van der Waals surface area contributed by atoms with E-state index in [-0.39, 0.29) is 29.2 Å². The van der Waals surface area contributed by atoms with Crippen molar-refractivity contribution in [3.05, 3.63) is 0 Å². The second kappa shape index (κ2) is 8.93. The normalized spacial score (nSPS) is 38.3. The molecule has 10 nitrogen and oxygen atoms in total. The van der Waals surface area contributed by atoms with Crippen LogP contribution in [0.1, 0.15) is 13.3 Å². The standard InChI is InChI=1S/C20H31BrN4O6/c1-11(10-26)25-16(18(28)23-3-4-24-5-7-30-8-6-24)20-9-12(21)15(31-20)13(17(27)22-2)14(20)19(25)29/h11-16,26H,3-10H2,1-2H3,(H,22,27)(H,23,28)/t11-,12?,13+,14+,15+,16?,20?/m1/s1. The molecule has 0 aromatic carbocycles. The molecule has 3 amide bonds. The van der Waals surface area contributed by atoms with Crippen molar-refractivity contribution in [2.75, 3.05) is 53.0 Å². The predicted molar refractivity (Wildman–Crippen MR) is 113 cm³/mol. The van der Waals surface area contributed by atoms with Crippen LogP contribution in [0.4, 0.5) is 0 Å². The molecule has 4 fully saturated rings. The first-order valence-corrected chi connectivity index (χ1v) is 11.8. The summed E-state index contributed by atoms with van der Waals surface area (Å²) in [6.45, 7) is 5.55. The van der Waals surface area contributed by atoms with E-state index in [4.69, 9.17) is 9.47 Å². The molecule has 0 saturated carbocycles. The van der Waals surface area contributed by atoms with Gasteiger partial charge in [-0.05, 0) is 13.3 Å². The Labute approximate surface area is 190 Å². The van der Waals surface area contributed by atoms with Crippen molar-refractivity contribution in [2.24, 2.45) is 11.8 Å². The minimum atomic E-state index is -1.08. The highest BCUT2D eigenvalue weighted by Crippen LogP contribution is 2.60. The third-order valence-corrected chi connectivity index (χ3v) is 7.94. The minimum Gasteiger partial charge on any atom is -0.394 e. The maximum atomic E-state index is 13.5. The number of fused-ring (bicyclic) bond motifs is 1. The smallest absolute Gasteiger partial charge is 0.245 e. The monoisotopic (exact) mass is 502 g/mol. The summed E-state index contributed by atoms with van der Waals surface area (Å²) in [7, 11) is 1.54. The molecule has 0 radical (unpaired) electrons. The van der Waals surface area contributed by atoms with Crippen molar-refractivity contribution in [1.29, 1.82) is 0 Å². The van der Waals surface area contributed by atoms with E-state index in [9.17, 15) is 19.5 Å². The second-order valence-electron chi connectivity index (χ2n) is 8.80. The van der Waals surface area contributed by atoms with Gasteiger partial charge in [-0.1, -0.05) is 15.9 Å². The highest BCUT2D eigenvalue weighted by Gasteiger charge is 2.76. The van der Waals surface area contributed by atoms with E-state index in [0.717, 1.165) is 13.1 Å². The Morgan fingerprint density at radius 2 is 2.03 bits per heavy atom. The largest absolute Gasteiger partial charge is 0.394 e. The van der Waals surface area contributed by atoms with Gasteiger partial charge < -0.3 is 30.1 Å². The Morgan fingerprint density at radius 1 is 1.32 bits per heavy atom. The van der Waals surface area contributed by atoms with E-state index in [1.54, 1.807) is 6.92 Å². The molecule has 4 aliphatic rings. The van der Waals surface area contributed by atoms with Crippen molar-refractivity contribution >= 4 is 33.7 Å². The lowest BCUT2D eigenvalue weighted by Gasteiger charge is -2.36. The fraction of sp³-hybridized carbons (Fsp3) is 0.850. The van der Waals surface area contributed by atoms with Crippen LogP contribution in [-0.2, 0) is 23.9 Å². The predicted octanol–water partition coefficient (Wildman–Crippen LogP) is -1.69. The van der Waals surface area contributed by atoms with Crippen molar-refractivity contribution in [3.8, 4) is 0 Å². The number of hydrogen-bond acceptors (Lipinski definition) is 7. The van der Waals surface area contributed by atoms with Gasteiger partial charge >= 0.3 is 0 Å². The number of alkyl halides is 1. The summed E-state index contributed by atoms with van der Waals surface area (Å²) in [6, 6.07) is -1.46. The van der Waals surface area contributed by atoms with Gasteiger partial charge in [-0.25, -0.2) is 0 Å². The molecule has 4 saturated heterocycles. The van der Waals surface area contributed by atoms with Crippen LogP contribution >= 0.6 is 15.9 Å². The zero-order chi connectivity index (χ0) is 22.3. The van der Waals surface area contributed by atoms with E-state index in [1.165, 1.54) is 11.9 Å².